The number of carbonyl (C=O) groups is 1. The van der Waals surface area contributed by atoms with Crippen LogP contribution in [-0.4, -0.2) is 34.6 Å². The lowest BCUT2D eigenvalue weighted by Crippen LogP contribution is -2.43. The van der Waals surface area contributed by atoms with Gasteiger partial charge in [0.1, 0.15) is 5.78 Å². The number of carbonyl (C=O) groups excluding carboxylic acids is 1. The standard InChI is InChI=1S/C47H94O3Si2/c1-13-15-17-33-39-44(49-51(9,10)46(3,4)5)41-35-29-25-21-19-23-27-31-37-43(48)38-32-28-24-20-22-26-30-36-42-45(40-34-18-16-14-2)50-52(11,12)47(6,7)8/h29-30,35-36,44-45H,13-28,31-34,37-42H2,1-12H3/t44-,45-/m1/s1. The number of unbranched alkanes of at least 4 members (excludes halogenated alkanes) is 16. The molecule has 0 aromatic carbocycles. The summed E-state index contributed by atoms with van der Waals surface area (Å²) in [4.78, 5) is 12.4. The first kappa shape index (κ1) is 51.5. The summed E-state index contributed by atoms with van der Waals surface area (Å²) in [6.07, 6.45) is 41.4. The van der Waals surface area contributed by atoms with Gasteiger partial charge in [0.15, 0.2) is 16.6 Å². The molecule has 0 saturated carbocycles. The molecule has 0 saturated heterocycles. The van der Waals surface area contributed by atoms with E-state index in [4.69, 9.17) is 8.85 Å². The van der Waals surface area contributed by atoms with Crippen LogP contribution in [0.25, 0.3) is 0 Å². The van der Waals surface area contributed by atoms with E-state index < -0.39 is 16.6 Å². The van der Waals surface area contributed by atoms with E-state index in [-0.39, 0.29) is 10.1 Å². The molecular formula is C47H94O3Si2. The Hall–Kier alpha value is -0.496. The maximum atomic E-state index is 12.4. The second-order valence-corrected chi connectivity index (χ2v) is 28.8. The van der Waals surface area contributed by atoms with E-state index in [1.54, 1.807) is 0 Å². The molecule has 308 valence electrons. The number of hydrogen-bond acceptors (Lipinski definition) is 3. The smallest absolute Gasteiger partial charge is 0.192 e. The third-order valence-corrected chi connectivity index (χ3v) is 21.1. The molecule has 0 aliphatic carbocycles. The SMILES string of the molecule is CCCCCC[C@H](CC=CCCCCCCCC(=O)CCCCCCCC=CC[C@@H](CCCCCC)O[Si](C)(C)C(C)(C)C)O[Si](C)(C)C(C)(C)C. The van der Waals surface area contributed by atoms with Gasteiger partial charge < -0.3 is 8.85 Å². The summed E-state index contributed by atoms with van der Waals surface area (Å²) in [5.41, 5.74) is 0. The first-order valence-corrected chi connectivity index (χ1v) is 28.5. The highest BCUT2D eigenvalue weighted by Gasteiger charge is 2.39. The molecular weight excluding hydrogens is 669 g/mol. The molecule has 0 bridgehead atoms. The monoisotopic (exact) mass is 763 g/mol. The van der Waals surface area contributed by atoms with E-state index in [0.29, 0.717) is 18.0 Å². The third-order valence-electron chi connectivity index (χ3n) is 12.1. The number of ketones is 1. The van der Waals surface area contributed by atoms with Gasteiger partial charge in [0, 0.05) is 25.0 Å². The zero-order valence-electron chi connectivity index (χ0n) is 37.6. The summed E-state index contributed by atoms with van der Waals surface area (Å²) >= 11 is 0. The molecule has 0 unspecified atom stereocenters. The summed E-state index contributed by atoms with van der Waals surface area (Å²) in [6, 6.07) is 0. The van der Waals surface area contributed by atoms with Crippen LogP contribution < -0.4 is 0 Å². The van der Waals surface area contributed by atoms with Gasteiger partial charge in [-0.05, 0) is 100 Å². The molecule has 0 amide bonds. The summed E-state index contributed by atoms with van der Waals surface area (Å²) < 4.78 is 13.6. The van der Waals surface area contributed by atoms with E-state index in [0.717, 1.165) is 38.5 Å². The van der Waals surface area contributed by atoms with Gasteiger partial charge in [-0.15, -0.1) is 0 Å². The summed E-state index contributed by atoms with van der Waals surface area (Å²) in [7, 11) is -3.47. The molecule has 0 spiro atoms. The Balaban J connectivity index is 4.04. The van der Waals surface area contributed by atoms with Crippen molar-refractivity contribution in [3.05, 3.63) is 24.3 Å². The summed E-state index contributed by atoms with van der Waals surface area (Å²) in [5, 5.41) is 0.529. The Bertz CT molecular complexity index is 837. The van der Waals surface area contributed by atoms with Crippen molar-refractivity contribution in [3.63, 3.8) is 0 Å². The van der Waals surface area contributed by atoms with Crippen molar-refractivity contribution in [2.45, 2.75) is 271 Å². The number of allylic oxidation sites excluding steroid dienone is 2. The second-order valence-electron chi connectivity index (χ2n) is 19.3. The van der Waals surface area contributed by atoms with Gasteiger partial charge in [0.2, 0.25) is 0 Å². The van der Waals surface area contributed by atoms with Crippen LogP contribution in [0.5, 0.6) is 0 Å². The van der Waals surface area contributed by atoms with Crippen LogP contribution in [-0.2, 0) is 13.6 Å². The van der Waals surface area contributed by atoms with Gasteiger partial charge in [-0.25, -0.2) is 0 Å². The minimum Gasteiger partial charge on any atom is -0.414 e. The fourth-order valence-electron chi connectivity index (χ4n) is 6.32. The Morgan fingerprint density at radius 1 is 0.481 bits per heavy atom. The lowest BCUT2D eigenvalue weighted by molar-refractivity contribution is -0.119. The molecule has 0 N–H and O–H groups in total. The quantitative estimate of drug-likeness (QED) is 0.0372. The van der Waals surface area contributed by atoms with Crippen molar-refractivity contribution < 1.29 is 13.6 Å². The zero-order valence-corrected chi connectivity index (χ0v) is 39.6. The van der Waals surface area contributed by atoms with Crippen molar-refractivity contribution in [1.29, 1.82) is 0 Å². The zero-order chi connectivity index (χ0) is 39.4. The van der Waals surface area contributed by atoms with Crippen LogP contribution in [0.1, 0.15) is 222 Å². The molecule has 0 heterocycles. The average molecular weight is 763 g/mol. The van der Waals surface area contributed by atoms with Gasteiger partial charge in [-0.1, -0.05) is 170 Å². The molecule has 3 nitrogen and oxygen atoms in total. The topological polar surface area (TPSA) is 35.5 Å². The first-order valence-electron chi connectivity index (χ1n) is 22.6. The molecule has 0 aromatic heterocycles. The minimum absolute atomic E-state index is 0.264. The van der Waals surface area contributed by atoms with Crippen molar-refractivity contribution in [2.24, 2.45) is 0 Å². The van der Waals surface area contributed by atoms with E-state index >= 15 is 0 Å². The van der Waals surface area contributed by atoms with Crippen molar-refractivity contribution >= 4 is 22.4 Å². The highest BCUT2D eigenvalue weighted by Crippen LogP contribution is 2.39. The van der Waals surface area contributed by atoms with E-state index in [1.165, 1.54) is 128 Å². The van der Waals surface area contributed by atoms with Crippen molar-refractivity contribution in [1.82, 2.24) is 0 Å². The second kappa shape index (κ2) is 29.7. The van der Waals surface area contributed by atoms with Crippen molar-refractivity contribution in [3.8, 4) is 0 Å². The Morgan fingerprint density at radius 2 is 0.808 bits per heavy atom. The highest BCUT2D eigenvalue weighted by molar-refractivity contribution is 6.74. The Labute approximate surface area is 330 Å². The van der Waals surface area contributed by atoms with Crippen molar-refractivity contribution in [2.75, 3.05) is 0 Å². The van der Waals surface area contributed by atoms with Gasteiger partial charge in [0.25, 0.3) is 0 Å². The maximum Gasteiger partial charge on any atom is 0.192 e. The molecule has 5 heteroatoms. The molecule has 52 heavy (non-hydrogen) atoms. The molecule has 0 radical (unpaired) electrons. The van der Waals surface area contributed by atoms with Crippen LogP contribution in [0.2, 0.25) is 36.3 Å². The molecule has 0 aromatic rings. The van der Waals surface area contributed by atoms with Crippen LogP contribution in [0.3, 0.4) is 0 Å². The number of hydrogen-bond donors (Lipinski definition) is 0. The fourth-order valence-corrected chi connectivity index (χ4v) is 9.12. The normalized spacial score (nSPS) is 14.5. The average Bonchev–Trinajstić information content (AvgIpc) is 3.05. The van der Waals surface area contributed by atoms with E-state index in [1.807, 2.05) is 0 Å². The van der Waals surface area contributed by atoms with Crippen LogP contribution in [0.15, 0.2) is 24.3 Å². The lowest BCUT2D eigenvalue weighted by atomic mass is 10.0. The third kappa shape index (κ3) is 27.1. The minimum atomic E-state index is -1.74. The first-order chi connectivity index (χ1) is 24.5. The molecule has 0 aliphatic rings. The molecule has 0 rings (SSSR count). The fraction of sp³-hybridized carbons (Fsp3) is 0.894. The molecule has 0 fully saturated rings. The predicted octanol–water partition coefficient (Wildman–Crippen LogP) is 16.6. The van der Waals surface area contributed by atoms with Crippen LogP contribution in [0, 0.1) is 0 Å². The highest BCUT2D eigenvalue weighted by atomic mass is 28.4. The van der Waals surface area contributed by atoms with E-state index in [2.05, 4.69) is 106 Å². The largest absolute Gasteiger partial charge is 0.414 e. The summed E-state index contributed by atoms with van der Waals surface area (Å²) in [6.45, 7) is 28.2. The maximum absolute atomic E-state index is 12.4. The number of Topliss-reactive ketones (excluding diaryl/α,β-unsaturated/α-hetero) is 1. The Morgan fingerprint density at radius 3 is 1.15 bits per heavy atom. The van der Waals surface area contributed by atoms with Gasteiger partial charge in [0.05, 0.1) is 0 Å². The van der Waals surface area contributed by atoms with Gasteiger partial charge in [-0.2, -0.15) is 0 Å². The molecule has 0 aliphatic heterocycles. The number of rotatable bonds is 34. The van der Waals surface area contributed by atoms with Gasteiger partial charge in [-0.3, -0.25) is 4.79 Å². The van der Waals surface area contributed by atoms with Crippen LogP contribution >= 0.6 is 0 Å². The Kier molecular flexibility index (Phi) is 29.5. The summed E-state index contributed by atoms with van der Waals surface area (Å²) in [5.74, 6) is 0.485. The predicted molar refractivity (Wildman–Crippen MR) is 239 cm³/mol. The molecule has 2 atom stereocenters. The van der Waals surface area contributed by atoms with Crippen LogP contribution in [0.4, 0.5) is 0 Å². The lowest BCUT2D eigenvalue weighted by Gasteiger charge is -2.39. The van der Waals surface area contributed by atoms with Gasteiger partial charge >= 0.3 is 0 Å². The van der Waals surface area contributed by atoms with E-state index in [9.17, 15) is 4.79 Å².